The third kappa shape index (κ3) is 2.92. The summed E-state index contributed by atoms with van der Waals surface area (Å²) in [5, 5.41) is 0. The van der Waals surface area contributed by atoms with Crippen LogP contribution in [-0.4, -0.2) is 18.1 Å². The summed E-state index contributed by atoms with van der Waals surface area (Å²) in [5.41, 5.74) is 8.61. The first-order valence-corrected chi connectivity index (χ1v) is 7.54. The molecule has 1 fully saturated rings. The third-order valence-electron chi connectivity index (χ3n) is 4.97. The van der Waals surface area contributed by atoms with Crippen molar-refractivity contribution in [3.8, 4) is 0 Å². The number of aromatic nitrogens is 1. The van der Waals surface area contributed by atoms with Crippen LogP contribution in [0.3, 0.4) is 0 Å². The van der Waals surface area contributed by atoms with E-state index < -0.39 is 0 Å². The molecule has 1 aliphatic heterocycles. The molecule has 3 nitrogen and oxygen atoms in total. The molecule has 0 saturated carbocycles. The van der Waals surface area contributed by atoms with Crippen molar-refractivity contribution < 1.29 is 0 Å². The zero-order valence-electron chi connectivity index (χ0n) is 12.6. The van der Waals surface area contributed by atoms with Gasteiger partial charge in [-0.05, 0) is 42.4 Å². The molecule has 0 radical (unpaired) electrons. The highest BCUT2D eigenvalue weighted by Gasteiger charge is 2.31. The van der Waals surface area contributed by atoms with E-state index in [1.165, 1.54) is 31.2 Å². The van der Waals surface area contributed by atoms with E-state index in [0.717, 1.165) is 24.5 Å². The molecule has 106 valence electrons. The molecule has 0 atom stereocenters. The average molecular weight is 261 g/mol. The Hall–Kier alpha value is -1.09. The molecule has 1 saturated heterocycles. The Kier molecular flexibility index (Phi) is 4.46. The Labute approximate surface area is 117 Å². The lowest BCUT2D eigenvalue weighted by Gasteiger charge is -2.41. The van der Waals surface area contributed by atoms with Crippen LogP contribution < -0.4 is 10.6 Å². The first-order valence-electron chi connectivity index (χ1n) is 7.54. The summed E-state index contributed by atoms with van der Waals surface area (Å²) in [4.78, 5) is 7.06. The number of aryl methyl sites for hydroxylation is 1. The van der Waals surface area contributed by atoms with Gasteiger partial charge in [0.1, 0.15) is 5.82 Å². The van der Waals surface area contributed by atoms with Crippen LogP contribution >= 0.6 is 0 Å². The van der Waals surface area contributed by atoms with Gasteiger partial charge in [-0.2, -0.15) is 0 Å². The topological polar surface area (TPSA) is 42.2 Å². The number of piperidine rings is 1. The summed E-state index contributed by atoms with van der Waals surface area (Å²) >= 11 is 0. The molecular weight excluding hydrogens is 234 g/mol. The van der Waals surface area contributed by atoms with E-state index in [-0.39, 0.29) is 0 Å². The van der Waals surface area contributed by atoms with Gasteiger partial charge in [0, 0.05) is 25.8 Å². The smallest absolute Gasteiger partial charge is 0.131 e. The molecule has 0 bridgehead atoms. The van der Waals surface area contributed by atoms with Crippen LogP contribution in [0.15, 0.2) is 12.3 Å². The minimum Gasteiger partial charge on any atom is -0.356 e. The summed E-state index contributed by atoms with van der Waals surface area (Å²) < 4.78 is 0. The zero-order valence-corrected chi connectivity index (χ0v) is 12.6. The van der Waals surface area contributed by atoms with E-state index >= 15 is 0 Å². The normalized spacial score (nSPS) is 18.6. The van der Waals surface area contributed by atoms with Gasteiger partial charge in [0.15, 0.2) is 0 Å². The first kappa shape index (κ1) is 14.3. The molecule has 0 aliphatic carbocycles. The Morgan fingerprint density at radius 3 is 2.37 bits per heavy atom. The van der Waals surface area contributed by atoms with Crippen molar-refractivity contribution in [2.45, 2.75) is 53.0 Å². The fraction of sp³-hybridized carbons (Fsp3) is 0.688. The van der Waals surface area contributed by atoms with E-state index in [1.807, 2.05) is 6.20 Å². The van der Waals surface area contributed by atoms with Gasteiger partial charge in [-0.1, -0.05) is 26.7 Å². The van der Waals surface area contributed by atoms with Gasteiger partial charge in [0.2, 0.25) is 0 Å². The van der Waals surface area contributed by atoms with Gasteiger partial charge in [-0.3, -0.25) is 0 Å². The van der Waals surface area contributed by atoms with Gasteiger partial charge in [-0.25, -0.2) is 4.98 Å². The quantitative estimate of drug-likeness (QED) is 0.904. The molecule has 2 heterocycles. The fourth-order valence-electron chi connectivity index (χ4n) is 3.22. The standard InChI is InChI=1S/C16H27N3/c1-4-16(5-2)6-8-19(9-7-16)15-13(3)10-14(11-17)12-18-15/h10,12H,4-9,11,17H2,1-3H3. The van der Waals surface area contributed by atoms with Gasteiger partial charge >= 0.3 is 0 Å². The molecule has 2 rings (SSSR count). The van der Waals surface area contributed by atoms with Gasteiger partial charge < -0.3 is 10.6 Å². The van der Waals surface area contributed by atoms with Crippen molar-refractivity contribution >= 4 is 5.82 Å². The Morgan fingerprint density at radius 1 is 1.26 bits per heavy atom. The summed E-state index contributed by atoms with van der Waals surface area (Å²) in [6.07, 6.45) is 7.11. The molecule has 0 aromatic carbocycles. The summed E-state index contributed by atoms with van der Waals surface area (Å²) in [6.45, 7) is 9.65. The highest BCUT2D eigenvalue weighted by atomic mass is 15.2. The molecule has 0 spiro atoms. The van der Waals surface area contributed by atoms with Crippen molar-refractivity contribution in [2.24, 2.45) is 11.1 Å². The van der Waals surface area contributed by atoms with Crippen LogP contribution in [0.25, 0.3) is 0 Å². The molecule has 0 amide bonds. The zero-order chi connectivity index (χ0) is 13.9. The number of hydrogen-bond donors (Lipinski definition) is 1. The van der Waals surface area contributed by atoms with Crippen molar-refractivity contribution in [3.05, 3.63) is 23.4 Å². The van der Waals surface area contributed by atoms with Gasteiger partial charge in [-0.15, -0.1) is 0 Å². The number of pyridine rings is 1. The maximum Gasteiger partial charge on any atom is 0.131 e. The maximum absolute atomic E-state index is 5.67. The predicted molar refractivity (Wildman–Crippen MR) is 81.3 cm³/mol. The van der Waals surface area contributed by atoms with Gasteiger partial charge in [0.05, 0.1) is 0 Å². The lowest BCUT2D eigenvalue weighted by atomic mass is 9.74. The first-order chi connectivity index (χ1) is 9.14. The molecule has 2 N–H and O–H groups in total. The van der Waals surface area contributed by atoms with Crippen LogP contribution in [-0.2, 0) is 6.54 Å². The van der Waals surface area contributed by atoms with Crippen LogP contribution in [0.1, 0.15) is 50.7 Å². The van der Waals surface area contributed by atoms with Crippen molar-refractivity contribution in [3.63, 3.8) is 0 Å². The van der Waals surface area contributed by atoms with Crippen LogP contribution in [0.2, 0.25) is 0 Å². The van der Waals surface area contributed by atoms with Crippen LogP contribution in [0, 0.1) is 12.3 Å². The Bertz CT molecular complexity index is 414. The van der Waals surface area contributed by atoms with Crippen molar-refractivity contribution in [1.29, 1.82) is 0 Å². The second-order valence-corrected chi connectivity index (χ2v) is 5.88. The number of nitrogens with two attached hydrogens (primary N) is 1. The highest BCUT2D eigenvalue weighted by Crippen LogP contribution is 2.39. The monoisotopic (exact) mass is 261 g/mol. The SMILES string of the molecule is CCC1(CC)CCN(c2ncc(CN)cc2C)CC1. The van der Waals surface area contributed by atoms with Crippen LogP contribution in [0.4, 0.5) is 5.82 Å². The predicted octanol–water partition coefficient (Wildman–Crippen LogP) is 3.26. The molecule has 1 aliphatic rings. The minimum absolute atomic E-state index is 0.571. The number of nitrogens with zero attached hydrogens (tertiary/aromatic N) is 2. The fourth-order valence-corrected chi connectivity index (χ4v) is 3.22. The van der Waals surface area contributed by atoms with E-state index in [4.69, 9.17) is 5.73 Å². The second kappa shape index (κ2) is 5.91. The average Bonchev–Trinajstić information content (AvgIpc) is 2.47. The third-order valence-corrected chi connectivity index (χ3v) is 4.97. The molecule has 1 aromatic rings. The van der Waals surface area contributed by atoms with Crippen molar-refractivity contribution in [2.75, 3.05) is 18.0 Å². The summed E-state index contributed by atoms with van der Waals surface area (Å²) in [6, 6.07) is 2.17. The number of hydrogen-bond acceptors (Lipinski definition) is 3. The van der Waals surface area contributed by atoms with E-state index in [2.05, 4.69) is 36.7 Å². The van der Waals surface area contributed by atoms with Gasteiger partial charge in [0.25, 0.3) is 0 Å². The maximum atomic E-state index is 5.67. The van der Waals surface area contributed by atoms with Crippen molar-refractivity contribution in [1.82, 2.24) is 4.98 Å². The Morgan fingerprint density at radius 2 is 1.89 bits per heavy atom. The van der Waals surface area contributed by atoms with E-state index in [9.17, 15) is 0 Å². The molecule has 0 unspecified atom stereocenters. The lowest BCUT2D eigenvalue weighted by molar-refractivity contribution is 0.199. The summed E-state index contributed by atoms with van der Waals surface area (Å²) in [5.74, 6) is 1.15. The Balaban J connectivity index is 2.09. The highest BCUT2D eigenvalue weighted by molar-refractivity contribution is 5.47. The van der Waals surface area contributed by atoms with E-state index in [1.54, 1.807) is 0 Å². The molecule has 19 heavy (non-hydrogen) atoms. The largest absolute Gasteiger partial charge is 0.356 e. The minimum atomic E-state index is 0.571. The lowest BCUT2D eigenvalue weighted by Crippen LogP contribution is -2.40. The second-order valence-electron chi connectivity index (χ2n) is 5.88. The molecule has 3 heteroatoms. The molecule has 1 aromatic heterocycles. The number of rotatable bonds is 4. The van der Waals surface area contributed by atoms with E-state index in [0.29, 0.717) is 12.0 Å². The van der Waals surface area contributed by atoms with Crippen LogP contribution in [0.5, 0.6) is 0 Å². The summed E-state index contributed by atoms with van der Waals surface area (Å²) in [7, 11) is 0. The molecular formula is C16H27N3. The number of anilines is 1.